The molecule has 0 saturated carbocycles. The quantitative estimate of drug-likeness (QED) is 0.791. The van der Waals surface area contributed by atoms with Gasteiger partial charge in [-0.1, -0.05) is 0 Å². The molecule has 1 aliphatic rings. The zero-order valence-electron chi connectivity index (χ0n) is 13.2. The second kappa shape index (κ2) is 5.66. The topological polar surface area (TPSA) is 54.2 Å². The summed E-state index contributed by atoms with van der Waals surface area (Å²) < 4.78 is 2.14. The number of aromatic hydroxyl groups is 1. The minimum Gasteiger partial charge on any atom is -0.508 e. The van der Waals surface area contributed by atoms with Crippen LogP contribution in [0.4, 0.5) is 0 Å². The van der Waals surface area contributed by atoms with E-state index in [9.17, 15) is 5.11 Å². The fourth-order valence-corrected chi connectivity index (χ4v) is 3.33. The minimum atomic E-state index is 0.270. The van der Waals surface area contributed by atoms with Crippen LogP contribution in [0.5, 0.6) is 5.75 Å². The summed E-state index contributed by atoms with van der Waals surface area (Å²) in [4.78, 5) is 11.8. The number of phenols is 1. The maximum Gasteiger partial charge on any atom is 0.164 e. The second-order valence-corrected chi connectivity index (χ2v) is 6.25. The summed E-state index contributed by atoms with van der Waals surface area (Å²) >= 11 is 0. The van der Waals surface area contributed by atoms with E-state index in [0.717, 1.165) is 48.6 Å². The van der Waals surface area contributed by atoms with E-state index in [-0.39, 0.29) is 5.75 Å². The van der Waals surface area contributed by atoms with Gasteiger partial charge in [0.05, 0.1) is 0 Å². The van der Waals surface area contributed by atoms with Gasteiger partial charge in [0.15, 0.2) is 5.65 Å². The van der Waals surface area contributed by atoms with Crippen LogP contribution in [-0.4, -0.2) is 44.7 Å². The highest BCUT2D eigenvalue weighted by Crippen LogP contribution is 2.31. The first-order valence-corrected chi connectivity index (χ1v) is 8.03. The second-order valence-electron chi connectivity index (χ2n) is 6.25. The molecule has 23 heavy (non-hydrogen) atoms. The highest BCUT2D eigenvalue weighted by molar-refractivity contribution is 5.74. The number of likely N-dealkylation sites (tertiary alicyclic amines) is 1. The van der Waals surface area contributed by atoms with Crippen LogP contribution in [-0.2, 0) is 0 Å². The summed E-state index contributed by atoms with van der Waals surface area (Å²) in [5, 5.41) is 9.57. The maximum absolute atomic E-state index is 9.57. The monoisotopic (exact) mass is 308 g/mol. The fourth-order valence-electron chi connectivity index (χ4n) is 3.33. The van der Waals surface area contributed by atoms with Crippen molar-refractivity contribution in [1.82, 2.24) is 19.4 Å². The molecule has 0 bridgehead atoms. The van der Waals surface area contributed by atoms with Gasteiger partial charge in [-0.25, -0.2) is 9.97 Å². The van der Waals surface area contributed by atoms with Crippen LogP contribution in [0.25, 0.3) is 16.9 Å². The first kappa shape index (κ1) is 14.2. The molecule has 0 amide bonds. The molecule has 0 radical (unpaired) electrons. The number of piperidine rings is 1. The minimum absolute atomic E-state index is 0.270. The normalized spacial score (nSPS) is 16.9. The molecule has 0 spiro atoms. The molecule has 5 heteroatoms. The predicted molar refractivity (Wildman–Crippen MR) is 90.0 cm³/mol. The van der Waals surface area contributed by atoms with E-state index >= 15 is 0 Å². The zero-order valence-corrected chi connectivity index (χ0v) is 13.2. The lowest BCUT2D eigenvalue weighted by molar-refractivity contribution is 0.250. The maximum atomic E-state index is 9.57. The van der Waals surface area contributed by atoms with E-state index in [1.807, 2.05) is 24.3 Å². The van der Waals surface area contributed by atoms with Crippen LogP contribution in [0.2, 0.25) is 0 Å². The van der Waals surface area contributed by atoms with Gasteiger partial charge in [-0.05, 0) is 69.4 Å². The Kier molecular flexibility index (Phi) is 3.50. The van der Waals surface area contributed by atoms with Crippen molar-refractivity contribution in [3.63, 3.8) is 0 Å². The number of phenolic OH excluding ortho intramolecular Hbond substituents is 1. The van der Waals surface area contributed by atoms with Crippen molar-refractivity contribution < 1.29 is 5.11 Å². The lowest BCUT2D eigenvalue weighted by Gasteiger charge is -2.28. The molecule has 2 aromatic heterocycles. The van der Waals surface area contributed by atoms with Crippen LogP contribution in [0.15, 0.2) is 42.6 Å². The molecule has 1 N–H and O–H groups in total. The third-order valence-electron chi connectivity index (χ3n) is 4.63. The zero-order chi connectivity index (χ0) is 15.8. The summed E-state index contributed by atoms with van der Waals surface area (Å²) in [6.07, 6.45) is 4.02. The van der Waals surface area contributed by atoms with Crippen LogP contribution in [0.3, 0.4) is 0 Å². The van der Waals surface area contributed by atoms with Crippen molar-refractivity contribution >= 4 is 11.2 Å². The number of hydrogen-bond donors (Lipinski definition) is 1. The average molecular weight is 308 g/mol. The van der Waals surface area contributed by atoms with E-state index in [0.29, 0.717) is 5.92 Å². The first-order valence-electron chi connectivity index (χ1n) is 8.03. The van der Waals surface area contributed by atoms with E-state index in [2.05, 4.69) is 21.5 Å². The summed E-state index contributed by atoms with van der Waals surface area (Å²) in [5.41, 5.74) is 2.81. The smallest absolute Gasteiger partial charge is 0.164 e. The molecule has 1 aromatic carbocycles. The first-order chi connectivity index (χ1) is 11.2. The number of benzene rings is 1. The molecule has 0 unspecified atom stereocenters. The Morgan fingerprint density at radius 2 is 1.83 bits per heavy atom. The van der Waals surface area contributed by atoms with Crippen molar-refractivity contribution in [2.45, 2.75) is 18.8 Å². The molecule has 1 aliphatic heterocycles. The highest BCUT2D eigenvalue weighted by atomic mass is 16.3. The van der Waals surface area contributed by atoms with Gasteiger partial charge in [0.2, 0.25) is 0 Å². The Balaban J connectivity index is 1.86. The number of pyridine rings is 1. The van der Waals surface area contributed by atoms with E-state index in [4.69, 9.17) is 4.98 Å². The Bertz CT molecular complexity index is 817. The third kappa shape index (κ3) is 2.57. The molecule has 0 atom stereocenters. The summed E-state index contributed by atoms with van der Waals surface area (Å²) in [6.45, 7) is 2.19. The largest absolute Gasteiger partial charge is 0.508 e. The number of fused-ring (bicyclic) bond motifs is 1. The van der Waals surface area contributed by atoms with Gasteiger partial charge in [-0.2, -0.15) is 0 Å². The predicted octanol–water partition coefficient (Wildman–Crippen LogP) is 2.94. The van der Waals surface area contributed by atoms with Gasteiger partial charge >= 0.3 is 0 Å². The number of hydrogen-bond acceptors (Lipinski definition) is 4. The standard InChI is InChI=1S/C18H20N4O/c1-21-11-8-13(9-12-21)17-20-16-3-2-10-19-18(16)22(17)14-4-6-15(23)7-5-14/h2-7,10,13,23H,8-9,11-12H2,1H3. The molecule has 3 aromatic rings. The molecule has 5 nitrogen and oxygen atoms in total. The number of nitrogens with zero attached hydrogens (tertiary/aromatic N) is 4. The summed E-state index contributed by atoms with van der Waals surface area (Å²) in [5.74, 6) is 1.79. The van der Waals surface area contributed by atoms with E-state index in [1.165, 1.54) is 0 Å². The lowest BCUT2D eigenvalue weighted by atomic mass is 9.96. The molecule has 4 rings (SSSR count). The summed E-state index contributed by atoms with van der Waals surface area (Å²) in [6, 6.07) is 11.2. The SMILES string of the molecule is CN1CCC(c2nc3cccnc3n2-c2ccc(O)cc2)CC1. The molecule has 0 aliphatic carbocycles. The van der Waals surface area contributed by atoms with Crippen LogP contribution >= 0.6 is 0 Å². The average Bonchev–Trinajstić information content (AvgIpc) is 2.96. The molecule has 1 fully saturated rings. The van der Waals surface area contributed by atoms with Crippen molar-refractivity contribution in [3.8, 4) is 11.4 Å². The number of aromatic nitrogens is 3. The molecule has 118 valence electrons. The summed E-state index contributed by atoms with van der Waals surface area (Å²) in [7, 11) is 2.17. The van der Waals surface area contributed by atoms with E-state index in [1.54, 1.807) is 18.3 Å². The van der Waals surface area contributed by atoms with Crippen molar-refractivity contribution in [3.05, 3.63) is 48.4 Å². The van der Waals surface area contributed by atoms with Gasteiger partial charge in [0.25, 0.3) is 0 Å². The van der Waals surface area contributed by atoms with Crippen molar-refractivity contribution in [1.29, 1.82) is 0 Å². The van der Waals surface area contributed by atoms with Crippen LogP contribution in [0.1, 0.15) is 24.6 Å². The Hall–Kier alpha value is -2.40. The Morgan fingerprint density at radius 1 is 1.09 bits per heavy atom. The Labute approximate surface area is 135 Å². The van der Waals surface area contributed by atoms with Crippen LogP contribution < -0.4 is 0 Å². The molecular weight excluding hydrogens is 288 g/mol. The van der Waals surface area contributed by atoms with Crippen molar-refractivity contribution in [2.24, 2.45) is 0 Å². The van der Waals surface area contributed by atoms with Gasteiger partial charge in [0.1, 0.15) is 17.1 Å². The molecular formula is C18H20N4O. The van der Waals surface area contributed by atoms with E-state index < -0.39 is 0 Å². The third-order valence-corrected chi connectivity index (χ3v) is 4.63. The van der Waals surface area contributed by atoms with Gasteiger partial charge < -0.3 is 10.0 Å². The Morgan fingerprint density at radius 3 is 2.57 bits per heavy atom. The van der Waals surface area contributed by atoms with Crippen LogP contribution in [0, 0.1) is 0 Å². The van der Waals surface area contributed by atoms with Gasteiger partial charge in [0, 0.05) is 17.8 Å². The molecule has 3 heterocycles. The van der Waals surface area contributed by atoms with Gasteiger partial charge in [-0.3, -0.25) is 4.57 Å². The fraction of sp³-hybridized carbons (Fsp3) is 0.333. The molecule has 1 saturated heterocycles. The van der Waals surface area contributed by atoms with Crippen molar-refractivity contribution in [2.75, 3.05) is 20.1 Å². The number of rotatable bonds is 2. The lowest BCUT2D eigenvalue weighted by Crippen LogP contribution is -2.30. The highest BCUT2D eigenvalue weighted by Gasteiger charge is 2.25. The number of imidazole rings is 1. The van der Waals surface area contributed by atoms with Gasteiger partial charge in [-0.15, -0.1) is 0 Å².